The second-order valence-corrected chi connectivity index (χ2v) is 8.23. The van der Waals surface area contributed by atoms with Crippen LogP contribution in [0, 0.1) is 0 Å². The zero-order chi connectivity index (χ0) is 23.5. The predicted octanol–water partition coefficient (Wildman–Crippen LogP) is 3.30. The van der Waals surface area contributed by atoms with Gasteiger partial charge in [-0.1, -0.05) is 12.1 Å². The average molecular weight is 444 g/mol. The maximum atomic E-state index is 11.6. The zero-order valence-corrected chi connectivity index (χ0v) is 18.6. The molecule has 2 aromatic rings. The molecule has 0 saturated heterocycles. The summed E-state index contributed by atoms with van der Waals surface area (Å²) in [5, 5.41) is 18.7. The molecule has 0 spiro atoms. The van der Waals surface area contributed by atoms with Gasteiger partial charge in [-0.05, 0) is 49.9 Å². The molecule has 0 unspecified atom stereocenters. The van der Waals surface area contributed by atoms with Crippen molar-refractivity contribution < 1.29 is 38.7 Å². The first-order chi connectivity index (χ1) is 15.1. The molecule has 0 radical (unpaired) electrons. The van der Waals surface area contributed by atoms with E-state index in [-0.39, 0.29) is 23.4 Å². The van der Waals surface area contributed by atoms with Crippen LogP contribution in [0.2, 0.25) is 0 Å². The first kappa shape index (κ1) is 23.2. The van der Waals surface area contributed by atoms with Gasteiger partial charge in [-0.3, -0.25) is 0 Å². The van der Waals surface area contributed by atoms with Crippen LogP contribution in [0.1, 0.15) is 37.8 Å². The first-order valence-electron chi connectivity index (χ1n) is 10.3. The van der Waals surface area contributed by atoms with E-state index in [1.165, 1.54) is 26.4 Å². The quantitative estimate of drug-likeness (QED) is 0.679. The van der Waals surface area contributed by atoms with Crippen molar-refractivity contribution in [1.82, 2.24) is 0 Å². The molecule has 8 heteroatoms. The predicted molar refractivity (Wildman–Crippen MR) is 115 cm³/mol. The van der Waals surface area contributed by atoms with Crippen LogP contribution >= 0.6 is 0 Å². The lowest BCUT2D eigenvalue weighted by Crippen LogP contribution is -2.45. The highest BCUT2D eigenvalue weighted by molar-refractivity contribution is 5.80. The maximum Gasteiger partial charge on any atom is 0.349 e. The molecule has 2 N–H and O–H groups in total. The minimum Gasteiger partial charge on any atom is -0.508 e. The van der Waals surface area contributed by atoms with Crippen molar-refractivity contribution in [1.29, 1.82) is 0 Å². The van der Waals surface area contributed by atoms with E-state index in [2.05, 4.69) is 0 Å². The van der Waals surface area contributed by atoms with Gasteiger partial charge in [0.25, 0.3) is 0 Å². The van der Waals surface area contributed by atoms with Crippen LogP contribution in [0.25, 0.3) is 0 Å². The lowest BCUT2D eigenvalue weighted by Gasteiger charge is -2.33. The standard InChI is InChI=1S/2C12H14O4/c2*1-12(11(14)15-2)6-5-8-3-4-9(13)7-10(8)16-12/h2*3-4,7,13H,5-6H2,1-2H3/t2*12-/m10/s1. The largest absolute Gasteiger partial charge is 0.508 e. The number of aromatic hydroxyl groups is 2. The second kappa shape index (κ2) is 8.98. The van der Waals surface area contributed by atoms with Gasteiger partial charge >= 0.3 is 11.9 Å². The van der Waals surface area contributed by atoms with Gasteiger partial charge < -0.3 is 29.2 Å². The van der Waals surface area contributed by atoms with E-state index in [1.807, 2.05) is 12.1 Å². The van der Waals surface area contributed by atoms with E-state index in [9.17, 15) is 19.8 Å². The molecular formula is C24H28O8. The molecule has 0 aliphatic carbocycles. The monoisotopic (exact) mass is 444 g/mol. The number of carbonyl (C=O) groups is 2. The molecule has 2 aliphatic rings. The molecule has 0 saturated carbocycles. The number of phenolic OH excluding ortho intramolecular Hbond substituents is 2. The fourth-order valence-corrected chi connectivity index (χ4v) is 3.74. The SMILES string of the molecule is COC(=O)[C@@]1(C)CCc2ccc(O)cc2O1.COC(=O)[C@]1(C)CCc2ccc(O)cc2O1. The number of hydrogen-bond acceptors (Lipinski definition) is 8. The maximum absolute atomic E-state index is 11.6. The Bertz CT molecular complexity index is 936. The van der Waals surface area contributed by atoms with Crippen molar-refractivity contribution in [2.45, 2.75) is 50.7 Å². The van der Waals surface area contributed by atoms with Crippen molar-refractivity contribution >= 4 is 11.9 Å². The van der Waals surface area contributed by atoms with Crippen molar-refractivity contribution in [3.63, 3.8) is 0 Å². The van der Waals surface area contributed by atoms with Crippen molar-refractivity contribution in [3.8, 4) is 23.0 Å². The Balaban J connectivity index is 0.000000181. The van der Waals surface area contributed by atoms with Crippen molar-refractivity contribution in [2.75, 3.05) is 14.2 Å². The summed E-state index contributed by atoms with van der Waals surface area (Å²) in [6.45, 7) is 3.40. The number of fused-ring (bicyclic) bond motifs is 2. The Labute approximate surface area is 186 Å². The van der Waals surface area contributed by atoms with E-state index in [1.54, 1.807) is 26.0 Å². The Kier molecular flexibility index (Phi) is 6.52. The highest BCUT2D eigenvalue weighted by Gasteiger charge is 2.41. The van der Waals surface area contributed by atoms with Crippen molar-refractivity contribution in [2.24, 2.45) is 0 Å². The van der Waals surface area contributed by atoms with E-state index < -0.39 is 11.2 Å². The molecule has 2 heterocycles. The number of benzene rings is 2. The van der Waals surface area contributed by atoms with Crippen LogP contribution in [-0.2, 0) is 31.9 Å². The minimum absolute atomic E-state index is 0.132. The van der Waals surface area contributed by atoms with Gasteiger partial charge in [0.05, 0.1) is 14.2 Å². The van der Waals surface area contributed by atoms with E-state index in [0.717, 1.165) is 24.0 Å². The third-order valence-electron chi connectivity index (χ3n) is 5.75. The lowest BCUT2D eigenvalue weighted by atomic mass is 9.92. The molecule has 0 fully saturated rings. The van der Waals surface area contributed by atoms with Gasteiger partial charge in [-0.25, -0.2) is 9.59 Å². The molecule has 2 atom stereocenters. The van der Waals surface area contributed by atoms with Gasteiger partial charge in [-0.15, -0.1) is 0 Å². The summed E-state index contributed by atoms with van der Waals surface area (Å²) in [6, 6.07) is 9.89. The highest BCUT2D eigenvalue weighted by Crippen LogP contribution is 2.37. The second-order valence-electron chi connectivity index (χ2n) is 8.23. The lowest BCUT2D eigenvalue weighted by molar-refractivity contribution is -0.159. The van der Waals surface area contributed by atoms with Gasteiger partial charge in [0.2, 0.25) is 11.2 Å². The molecule has 0 amide bonds. The Morgan fingerprint density at radius 2 is 1.16 bits per heavy atom. The molecule has 8 nitrogen and oxygen atoms in total. The summed E-state index contributed by atoms with van der Waals surface area (Å²) >= 11 is 0. The number of methoxy groups -OCH3 is 2. The van der Waals surface area contributed by atoms with Gasteiger partial charge in [-0.2, -0.15) is 0 Å². The topological polar surface area (TPSA) is 112 Å². The number of esters is 2. The number of carbonyl (C=O) groups excluding carboxylic acids is 2. The number of ether oxygens (including phenoxy) is 4. The number of rotatable bonds is 2. The Morgan fingerprint density at radius 1 is 0.781 bits per heavy atom. The average Bonchev–Trinajstić information content (AvgIpc) is 2.77. The van der Waals surface area contributed by atoms with Crippen LogP contribution in [0.5, 0.6) is 23.0 Å². The van der Waals surface area contributed by atoms with E-state index in [0.29, 0.717) is 24.3 Å². The molecule has 32 heavy (non-hydrogen) atoms. The summed E-state index contributed by atoms with van der Waals surface area (Å²) in [7, 11) is 2.68. The van der Waals surface area contributed by atoms with Crippen molar-refractivity contribution in [3.05, 3.63) is 47.5 Å². The molecule has 2 aromatic carbocycles. The van der Waals surface area contributed by atoms with Crippen LogP contribution in [0.4, 0.5) is 0 Å². The highest BCUT2D eigenvalue weighted by atomic mass is 16.6. The van der Waals surface area contributed by atoms with E-state index >= 15 is 0 Å². The molecule has 2 aliphatic heterocycles. The number of hydrogen-bond donors (Lipinski definition) is 2. The fraction of sp³-hybridized carbons (Fsp3) is 0.417. The molecule has 0 aromatic heterocycles. The summed E-state index contributed by atoms with van der Waals surface area (Å²) < 4.78 is 20.7. The molecular weight excluding hydrogens is 416 g/mol. The molecule has 4 rings (SSSR count). The molecule has 0 bridgehead atoms. The zero-order valence-electron chi connectivity index (χ0n) is 18.6. The van der Waals surface area contributed by atoms with Crippen LogP contribution < -0.4 is 9.47 Å². The minimum atomic E-state index is -0.949. The summed E-state index contributed by atoms with van der Waals surface area (Å²) in [5.41, 5.74) is 0.101. The smallest absolute Gasteiger partial charge is 0.349 e. The first-order valence-corrected chi connectivity index (χ1v) is 10.3. The van der Waals surface area contributed by atoms with Gasteiger partial charge in [0.15, 0.2) is 0 Å². The summed E-state index contributed by atoms with van der Waals surface area (Å²) in [4.78, 5) is 23.1. The van der Waals surface area contributed by atoms with E-state index in [4.69, 9.17) is 18.9 Å². The summed E-state index contributed by atoms with van der Waals surface area (Å²) in [6.07, 6.45) is 2.64. The summed E-state index contributed by atoms with van der Waals surface area (Å²) in [5.74, 6) is 0.599. The number of phenols is 2. The fourth-order valence-electron chi connectivity index (χ4n) is 3.74. The third-order valence-corrected chi connectivity index (χ3v) is 5.75. The normalized spacial score (nSPS) is 23.1. The van der Waals surface area contributed by atoms with Gasteiger partial charge in [0, 0.05) is 25.0 Å². The molecule has 172 valence electrons. The Morgan fingerprint density at radius 3 is 1.50 bits per heavy atom. The van der Waals surface area contributed by atoms with Crippen LogP contribution in [-0.4, -0.2) is 47.6 Å². The van der Waals surface area contributed by atoms with Gasteiger partial charge in [0.1, 0.15) is 23.0 Å². The third kappa shape index (κ3) is 4.74. The number of aryl methyl sites for hydroxylation is 2. The van der Waals surface area contributed by atoms with Crippen LogP contribution in [0.3, 0.4) is 0 Å². The Hall–Kier alpha value is -3.42. The van der Waals surface area contributed by atoms with Crippen LogP contribution in [0.15, 0.2) is 36.4 Å².